The number of aliphatic hydroxyl groups is 1. The maximum atomic E-state index is 12.1. The van der Waals surface area contributed by atoms with Crippen molar-refractivity contribution in [3.05, 3.63) is 52.6 Å². The van der Waals surface area contributed by atoms with E-state index in [-0.39, 0.29) is 0 Å². The maximum absolute atomic E-state index is 12.1. The summed E-state index contributed by atoms with van der Waals surface area (Å²) in [7, 11) is 1.97. The monoisotopic (exact) mass is 405 g/mol. The van der Waals surface area contributed by atoms with Crippen molar-refractivity contribution in [3.63, 3.8) is 0 Å². The van der Waals surface area contributed by atoms with Gasteiger partial charge in [0.1, 0.15) is 0 Å². The Labute approximate surface area is 180 Å². The van der Waals surface area contributed by atoms with Gasteiger partial charge in [-0.05, 0) is 110 Å². The third-order valence-corrected chi connectivity index (χ3v) is 8.58. The molecule has 0 heterocycles. The molecule has 2 N–H and O–H groups in total. The van der Waals surface area contributed by atoms with Gasteiger partial charge in [0.15, 0.2) is 5.78 Å². The van der Waals surface area contributed by atoms with Crippen molar-refractivity contribution >= 4 is 11.5 Å². The minimum Gasteiger partial charge on any atom is -0.396 e. The second kappa shape index (κ2) is 8.34. The molecule has 5 atom stereocenters. The first kappa shape index (κ1) is 20.1. The van der Waals surface area contributed by atoms with Gasteiger partial charge >= 0.3 is 0 Å². The average Bonchev–Trinajstić information content (AvgIpc) is 3.19. The van der Waals surface area contributed by atoms with Crippen LogP contribution < -0.4 is 5.32 Å². The molecule has 0 amide bonds. The first-order valence-electron chi connectivity index (χ1n) is 12.0. The van der Waals surface area contributed by atoms with E-state index in [1.165, 1.54) is 43.2 Å². The number of hydrogen-bond acceptors (Lipinski definition) is 3. The molecule has 0 radical (unpaired) electrons. The Kier molecular flexibility index (Phi) is 5.58. The zero-order valence-electron chi connectivity index (χ0n) is 18.2. The van der Waals surface area contributed by atoms with E-state index in [1.54, 1.807) is 11.1 Å². The number of benzene rings is 1. The quantitative estimate of drug-likeness (QED) is 0.668. The van der Waals surface area contributed by atoms with E-state index >= 15 is 0 Å². The first-order chi connectivity index (χ1) is 14.7. The molecule has 4 unspecified atom stereocenters. The lowest BCUT2D eigenvalue weighted by atomic mass is 9.57. The van der Waals surface area contributed by atoms with Crippen LogP contribution in [-0.4, -0.2) is 24.5 Å². The Balaban J connectivity index is 1.56. The van der Waals surface area contributed by atoms with Crippen LogP contribution in [0.4, 0.5) is 5.69 Å². The van der Waals surface area contributed by atoms with Gasteiger partial charge in [-0.3, -0.25) is 4.79 Å². The normalized spacial score (nSPS) is 32.9. The van der Waals surface area contributed by atoms with Crippen LogP contribution in [0.2, 0.25) is 0 Å². The molecule has 3 heteroatoms. The molecule has 0 saturated heterocycles. The van der Waals surface area contributed by atoms with Crippen molar-refractivity contribution in [1.29, 1.82) is 0 Å². The molecule has 5 rings (SSSR count). The standard InChI is InChI=1S/C27H35NO2/c1-28-20-8-4-18(5-9-20)26-16-25-17(3-2-14-29)6-11-23(25)24-12-7-19-15-21(30)10-13-22(19)27(24)26/h4-5,8-9,15,17,23-26,28-29H,2-3,6-7,10-14,16H2,1H3/t17-,23?,24?,25?,26?/m0/s1. The Morgan fingerprint density at radius 2 is 1.87 bits per heavy atom. The second-order valence-corrected chi connectivity index (χ2v) is 9.91. The van der Waals surface area contributed by atoms with E-state index in [2.05, 4.69) is 29.6 Å². The highest BCUT2D eigenvalue weighted by molar-refractivity contribution is 5.93. The molecule has 0 aromatic heterocycles. The lowest BCUT2D eigenvalue weighted by Crippen LogP contribution is -2.36. The number of nitrogens with one attached hydrogen (secondary N) is 1. The highest BCUT2D eigenvalue weighted by Crippen LogP contribution is 2.60. The van der Waals surface area contributed by atoms with E-state index in [9.17, 15) is 9.90 Å². The molecule has 0 aliphatic heterocycles. The Hall–Kier alpha value is -1.87. The van der Waals surface area contributed by atoms with Gasteiger partial charge < -0.3 is 10.4 Å². The SMILES string of the molecule is CNc1ccc(C2CC3C(CC[C@@H]3CCCO)C3CCC4=CC(=O)CCC4=C23)cc1. The zero-order chi connectivity index (χ0) is 20.7. The van der Waals surface area contributed by atoms with E-state index in [0.29, 0.717) is 30.6 Å². The molecule has 160 valence electrons. The average molecular weight is 406 g/mol. The molecule has 1 aromatic carbocycles. The number of aliphatic hydroxyl groups excluding tert-OH is 1. The lowest BCUT2D eigenvalue weighted by molar-refractivity contribution is -0.114. The summed E-state index contributed by atoms with van der Waals surface area (Å²) in [6, 6.07) is 9.07. The van der Waals surface area contributed by atoms with Crippen LogP contribution in [0.3, 0.4) is 0 Å². The fourth-order valence-electron chi connectivity index (χ4n) is 7.28. The molecular weight excluding hydrogens is 370 g/mol. The molecule has 2 saturated carbocycles. The van der Waals surface area contributed by atoms with Gasteiger partial charge in [0.25, 0.3) is 0 Å². The number of anilines is 1. The van der Waals surface area contributed by atoms with Crippen molar-refractivity contribution in [1.82, 2.24) is 0 Å². The number of fused-ring (bicyclic) bond motifs is 4. The molecule has 3 nitrogen and oxygen atoms in total. The fraction of sp³-hybridized carbons (Fsp3) is 0.593. The third-order valence-electron chi connectivity index (χ3n) is 8.58. The highest BCUT2D eigenvalue weighted by Gasteiger charge is 2.49. The van der Waals surface area contributed by atoms with Crippen molar-refractivity contribution in [2.24, 2.45) is 23.7 Å². The molecule has 4 aliphatic rings. The van der Waals surface area contributed by atoms with Gasteiger partial charge in [0.2, 0.25) is 0 Å². The van der Waals surface area contributed by atoms with Gasteiger partial charge in [-0.1, -0.05) is 17.7 Å². The summed E-state index contributed by atoms with van der Waals surface area (Å²) in [6.07, 6.45) is 12.0. The molecule has 0 spiro atoms. The number of carbonyl (C=O) groups excluding carboxylic acids is 1. The fourth-order valence-corrected chi connectivity index (χ4v) is 7.28. The first-order valence-corrected chi connectivity index (χ1v) is 12.0. The van der Waals surface area contributed by atoms with Crippen LogP contribution in [-0.2, 0) is 4.79 Å². The predicted molar refractivity (Wildman–Crippen MR) is 121 cm³/mol. The number of rotatable bonds is 5. The highest BCUT2D eigenvalue weighted by atomic mass is 16.2. The van der Waals surface area contributed by atoms with Crippen molar-refractivity contribution in [2.75, 3.05) is 19.0 Å². The van der Waals surface area contributed by atoms with Crippen LogP contribution in [0.5, 0.6) is 0 Å². The molecule has 2 fully saturated rings. The van der Waals surface area contributed by atoms with Crippen LogP contribution >= 0.6 is 0 Å². The summed E-state index contributed by atoms with van der Waals surface area (Å²) >= 11 is 0. The van der Waals surface area contributed by atoms with Crippen molar-refractivity contribution in [2.45, 2.75) is 63.7 Å². The van der Waals surface area contributed by atoms with Gasteiger partial charge in [-0.25, -0.2) is 0 Å². The van der Waals surface area contributed by atoms with Gasteiger partial charge in [-0.15, -0.1) is 0 Å². The summed E-state index contributed by atoms with van der Waals surface area (Å²) in [6.45, 7) is 0.323. The van der Waals surface area contributed by atoms with E-state index in [4.69, 9.17) is 0 Å². The summed E-state index contributed by atoms with van der Waals surface area (Å²) in [4.78, 5) is 12.1. The number of hydrogen-bond donors (Lipinski definition) is 2. The predicted octanol–water partition coefficient (Wildman–Crippen LogP) is 5.63. The summed E-state index contributed by atoms with van der Waals surface area (Å²) < 4.78 is 0. The van der Waals surface area contributed by atoms with Crippen LogP contribution in [0, 0.1) is 23.7 Å². The molecule has 0 bridgehead atoms. The number of allylic oxidation sites excluding steroid dienone is 4. The smallest absolute Gasteiger partial charge is 0.156 e. The van der Waals surface area contributed by atoms with Crippen molar-refractivity contribution < 1.29 is 9.90 Å². The van der Waals surface area contributed by atoms with Crippen LogP contribution in [0.25, 0.3) is 0 Å². The molecule has 1 aromatic rings. The van der Waals surface area contributed by atoms with Crippen LogP contribution in [0.1, 0.15) is 69.3 Å². The van der Waals surface area contributed by atoms with Gasteiger partial charge in [0.05, 0.1) is 0 Å². The Morgan fingerprint density at radius 3 is 2.63 bits per heavy atom. The summed E-state index contributed by atoms with van der Waals surface area (Å²) in [5.74, 6) is 3.87. The third kappa shape index (κ3) is 3.45. The maximum Gasteiger partial charge on any atom is 0.156 e. The Morgan fingerprint density at radius 1 is 1.03 bits per heavy atom. The minimum absolute atomic E-state index is 0.321. The van der Waals surface area contributed by atoms with E-state index in [0.717, 1.165) is 42.7 Å². The topological polar surface area (TPSA) is 49.3 Å². The van der Waals surface area contributed by atoms with Crippen molar-refractivity contribution in [3.8, 4) is 0 Å². The lowest BCUT2D eigenvalue weighted by Gasteiger charge is -2.47. The number of carbonyl (C=O) groups is 1. The minimum atomic E-state index is 0.321. The number of ketones is 1. The Bertz CT molecular complexity index is 865. The molecule has 30 heavy (non-hydrogen) atoms. The molecular formula is C27H35NO2. The molecule has 4 aliphatic carbocycles. The van der Waals surface area contributed by atoms with Gasteiger partial charge in [0, 0.05) is 31.7 Å². The second-order valence-electron chi connectivity index (χ2n) is 9.91. The largest absolute Gasteiger partial charge is 0.396 e. The van der Waals surface area contributed by atoms with Gasteiger partial charge in [-0.2, -0.15) is 0 Å². The zero-order valence-corrected chi connectivity index (χ0v) is 18.2. The van der Waals surface area contributed by atoms with E-state index in [1.807, 2.05) is 13.1 Å². The summed E-state index contributed by atoms with van der Waals surface area (Å²) in [5, 5.41) is 12.6. The summed E-state index contributed by atoms with van der Waals surface area (Å²) in [5.41, 5.74) is 7.21. The van der Waals surface area contributed by atoms with E-state index < -0.39 is 0 Å². The van der Waals surface area contributed by atoms with Crippen LogP contribution in [0.15, 0.2) is 47.1 Å².